The normalized spacial score (nSPS) is 18.0. The lowest BCUT2D eigenvalue weighted by Crippen LogP contribution is -2.41. The molecule has 0 unspecified atom stereocenters. The van der Waals surface area contributed by atoms with Crippen LogP contribution in [0.5, 0.6) is 5.75 Å². The predicted molar refractivity (Wildman–Crippen MR) is 228 cm³/mol. The van der Waals surface area contributed by atoms with E-state index >= 15 is 0 Å². The van der Waals surface area contributed by atoms with Crippen LogP contribution < -0.4 is 15.3 Å². The number of nitrogens with two attached hydrogens (primary N) is 1. The number of anilines is 1. The number of carbonyl (C=O) groups is 1. The summed E-state index contributed by atoms with van der Waals surface area (Å²) in [6.45, 7) is 2.08. The van der Waals surface area contributed by atoms with E-state index in [1.165, 1.54) is 94.4 Å². The van der Waals surface area contributed by atoms with Crippen molar-refractivity contribution in [2.75, 3.05) is 18.9 Å². The van der Waals surface area contributed by atoms with Crippen molar-refractivity contribution in [1.29, 1.82) is 0 Å². The summed E-state index contributed by atoms with van der Waals surface area (Å²) in [6.07, 6.45) is 27.7. The number of para-hydroxylation sites is 1. The number of hydrogen-bond acceptors (Lipinski definition) is 10. The predicted octanol–water partition coefficient (Wildman–Crippen LogP) is 10.3. The average molecular weight is 832 g/mol. The first-order chi connectivity index (χ1) is 28.7. The number of benzene rings is 2. The molecule has 14 heteroatoms. The molecule has 3 N–H and O–H groups in total. The zero-order chi connectivity index (χ0) is 41.8. The van der Waals surface area contributed by atoms with Crippen LogP contribution in [0.15, 0.2) is 67.0 Å². The fourth-order valence-corrected chi connectivity index (χ4v) is 8.71. The molecule has 3 heterocycles. The largest absolute Gasteiger partial charge is 0.465 e. The van der Waals surface area contributed by atoms with Crippen molar-refractivity contribution in [3.63, 3.8) is 0 Å². The molecule has 319 valence electrons. The van der Waals surface area contributed by atoms with E-state index in [1.807, 2.05) is 30.3 Å². The Morgan fingerprint density at radius 3 is 2.15 bits per heavy atom. The van der Waals surface area contributed by atoms with Crippen LogP contribution in [0, 0.1) is 24.8 Å². The maximum absolute atomic E-state index is 14.7. The number of aromatic nitrogens is 4. The average Bonchev–Trinajstić information content (AvgIpc) is 3.87. The molecule has 0 spiro atoms. The topological polar surface area (TPSA) is 153 Å². The van der Waals surface area contributed by atoms with Gasteiger partial charge in [-0.25, -0.2) is 9.55 Å². The van der Waals surface area contributed by atoms with Crippen LogP contribution >= 0.6 is 7.75 Å². The molecule has 0 bridgehead atoms. The zero-order valence-corrected chi connectivity index (χ0v) is 35.3. The highest BCUT2D eigenvalue weighted by atomic mass is 31.2. The van der Waals surface area contributed by atoms with Crippen LogP contribution in [-0.4, -0.2) is 50.3 Å². The number of unbranched alkanes of at least 4 members (excludes halogenated alkanes) is 15. The first kappa shape index (κ1) is 45.7. The summed E-state index contributed by atoms with van der Waals surface area (Å²) in [5.74, 6) is 2.16. The SMILES string of the molecule is C#C[C@@]1(CO[P@@](=O)(N[C@@H](Cc2ccccc2)C(=O)OCCCCCCCCCCCCCCCCCC)Oc2ccccc2)[CH]C[C@H](n2cnc3c(N)nc(F)nc32)O1. The fourth-order valence-electron chi connectivity index (χ4n) is 7.19. The Bertz CT molecular complexity index is 1950. The molecular weight excluding hydrogens is 771 g/mol. The van der Waals surface area contributed by atoms with Gasteiger partial charge in [0.05, 0.1) is 19.5 Å². The van der Waals surface area contributed by atoms with Crippen LogP contribution in [0.2, 0.25) is 0 Å². The number of fused-ring (bicyclic) bond motifs is 1. The number of nitrogen functional groups attached to an aromatic ring is 1. The van der Waals surface area contributed by atoms with Crippen LogP contribution in [0.4, 0.5) is 10.2 Å². The summed E-state index contributed by atoms with van der Waals surface area (Å²) in [5.41, 5.74) is 5.52. The number of rotatable bonds is 28. The smallest absolute Gasteiger partial charge is 0.459 e. The van der Waals surface area contributed by atoms with Gasteiger partial charge in [-0.1, -0.05) is 158 Å². The third-order valence-electron chi connectivity index (χ3n) is 10.5. The van der Waals surface area contributed by atoms with E-state index in [4.69, 9.17) is 30.7 Å². The highest BCUT2D eigenvalue weighted by Gasteiger charge is 2.44. The summed E-state index contributed by atoms with van der Waals surface area (Å²) in [5, 5.41) is 2.89. The van der Waals surface area contributed by atoms with E-state index < -0.39 is 44.3 Å². The fraction of sp³-hybridized carbons (Fsp3) is 0.533. The number of hydrogen-bond donors (Lipinski definition) is 2. The van der Waals surface area contributed by atoms with Crippen molar-refractivity contribution in [2.24, 2.45) is 0 Å². The number of terminal acetylenes is 1. The quantitative estimate of drug-likeness (QED) is 0.0185. The van der Waals surface area contributed by atoms with Gasteiger partial charge >= 0.3 is 19.8 Å². The van der Waals surface area contributed by atoms with Gasteiger partial charge in [0, 0.05) is 6.42 Å². The second kappa shape index (κ2) is 24.0. The highest BCUT2D eigenvalue weighted by Crippen LogP contribution is 2.48. The minimum absolute atomic E-state index is 0.113. The molecular formula is C45H61FN6O6P. The first-order valence-corrected chi connectivity index (χ1v) is 22.9. The molecule has 1 saturated heterocycles. The number of ether oxygens (including phenoxy) is 2. The van der Waals surface area contributed by atoms with Crippen LogP contribution in [0.1, 0.15) is 128 Å². The van der Waals surface area contributed by atoms with Gasteiger partial charge in [-0.05, 0) is 37.0 Å². The number of halogens is 1. The van der Waals surface area contributed by atoms with Crippen LogP contribution in [0.3, 0.4) is 0 Å². The summed E-state index contributed by atoms with van der Waals surface area (Å²) < 4.78 is 54.3. The molecule has 2 aromatic carbocycles. The van der Waals surface area contributed by atoms with E-state index in [0.717, 1.165) is 24.8 Å². The number of nitrogens with zero attached hydrogens (tertiary/aromatic N) is 4. The third kappa shape index (κ3) is 14.7. The van der Waals surface area contributed by atoms with Crippen molar-refractivity contribution in [3.8, 4) is 18.1 Å². The number of esters is 1. The van der Waals surface area contributed by atoms with Crippen molar-refractivity contribution >= 4 is 30.7 Å². The number of carbonyl (C=O) groups excluding carboxylic acids is 1. The maximum atomic E-state index is 14.7. The first-order valence-electron chi connectivity index (χ1n) is 21.4. The van der Waals surface area contributed by atoms with Gasteiger partial charge in [-0.2, -0.15) is 19.4 Å². The van der Waals surface area contributed by atoms with Crippen LogP contribution in [-0.2, 0) is 29.8 Å². The summed E-state index contributed by atoms with van der Waals surface area (Å²) in [4.78, 5) is 25.3. The summed E-state index contributed by atoms with van der Waals surface area (Å²) in [7, 11) is -4.36. The number of nitrogens with one attached hydrogen (secondary N) is 1. The third-order valence-corrected chi connectivity index (χ3v) is 12.1. The molecule has 4 atom stereocenters. The van der Waals surface area contributed by atoms with Gasteiger partial charge in [0.2, 0.25) is 0 Å². The van der Waals surface area contributed by atoms with E-state index in [2.05, 4.69) is 32.9 Å². The molecule has 59 heavy (non-hydrogen) atoms. The minimum atomic E-state index is -4.36. The summed E-state index contributed by atoms with van der Waals surface area (Å²) in [6, 6.07) is 16.8. The van der Waals surface area contributed by atoms with Gasteiger partial charge in [0.1, 0.15) is 18.0 Å². The molecule has 1 fully saturated rings. The highest BCUT2D eigenvalue weighted by molar-refractivity contribution is 7.52. The molecule has 12 nitrogen and oxygen atoms in total. The van der Waals surface area contributed by atoms with Gasteiger partial charge in [-0.15, -0.1) is 6.42 Å². The van der Waals surface area contributed by atoms with Crippen molar-refractivity contribution < 1.29 is 32.3 Å². The molecule has 0 aliphatic carbocycles. The van der Waals surface area contributed by atoms with Gasteiger partial charge in [0.15, 0.2) is 22.6 Å². The lowest BCUT2D eigenvalue weighted by molar-refractivity contribution is -0.146. The number of imidazole rings is 1. The standard InChI is InChI=1S/C45H61FN6O6P/c1-3-5-6-7-8-9-10-11-12-13-14-15-16-17-18-25-32-55-43(53)38(33-36-26-21-19-22-27-36)51-59(54,58-37-28-23-20-24-29-37)56-34-45(4-2)31-30-39(57-45)52-35-48-40-41(47)49-44(46)50-42(40)52/h2,19-24,26-29,31,35,38-39H,3,5-18,25,30,32-34H2,1H3,(H,51,54)(H2,47,49,50)/t38-,39+,45-,59-/m0/s1. The van der Waals surface area contributed by atoms with E-state index in [1.54, 1.807) is 36.8 Å². The lowest BCUT2D eigenvalue weighted by atomic mass is 10.0. The minimum Gasteiger partial charge on any atom is -0.465 e. The second-order valence-electron chi connectivity index (χ2n) is 15.3. The summed E-state index contributed by atoms with van der Waals surface area (Å²) >= 11 is 0. The van der Waals surface area contributed by atoms with E-state index in [0.29, 0.717) is 0 Å². The van der Waals surface area contributed by atoms with Crippen molar-refractivity contribution in [3.05, 3.63) is 85.1 Å². The Kier molecular flexibility index (Phi) is 18.6. The Balaban J connectivity index is 1.14. The molecule has 2 aromatic heterocycles. The molecule has 5 rings (SSSR count). The molecule has 4 aromatic rings. The van der Waals surface area contributed by atoms with Gasteiger partial charge in [-0.3, -0.25) is 13.9 Å². The monoisotopic (exact) mass is 831 g/mol. The zero-order valence-electron chi connectivity index (χ0n) is 34.4. The van der Waals surface area contributed by atoms with Crippen molar-refractivity contribution in [2.45, 2.75) is 140 Å². The van der Waals surface area contributed by atoms with E-state index in [-0.39, 0.29) is 42.2 Å². The Labute approximate surface area is 349 Å². The molecule has 1 aliphatic heterocycles. The molecule has 0 saturated carbocycles. The molecule has 1 radical (unpaired) electrons. The Hall–Kier alpha value is -4.34. The lowest BCUT2D eigenvalue weighted by Gasteiger charge is -2.29. The van der Waals surface area contributed by atoms with Gasteiger partial charge in [0.25, 0.3) is 0 Å². The van der Waals surface area contributed by atoms with Crippen LogP contribution in [0.25, 0.3) is 11.2 Å². The molecule has 1 aliphatic rings. The van der Waals surface area contributed by atoms with Crippen molar-refractivity contribution in [1.82, 2.24) is 24.6 Å². The maximum Gasteiger partial charge on any atom is 0.459 e. The Morgan fingerprint density at radius 1 is 0.949 bits per heavy atom. The molecule has 0 amide bonds. The van der Waals surface area contributed by atoms with Gasteiger partial charge < -0.3 is 19.7 Å². The van der Waals surface area contributed by atoms with E-state index in [9.17, 15) is 13.8 Å². The Morgan fingerprint density at radius 2 is 1.54 bits per heavy atom. The second-order valence-corrected chi connectivity index (χ2v) is 17.0.